The highest BCUT2D eigenvalue weighted by molar-refractivity contribution is 6.31. The SMILES string of the molecule is CCOC(=O)CNC(=O)c1cccc(-c2cc(Cl)c(C)cc2OCc2n[nH]c(=O)n2C)c1. The number of benzene rings is 2. The van der Waals surface area contributed by atoms with Gasteiger partial charge in [-0.15, -0.1) is 0 Å². The minimum Gasteiger partial charge on any atom is -0.485 e. The predicted molar refractivity (Wildman–Crippen MR) is 119 cm³/mol. The lowest BCUT2D eigenvalue weighted by Gasteiger charge is -2.14. The zero-order chi connectivity index (χ0) is 23.3. The van der Waals surface area contributed by atoms with Crippen LogP contribution in [0.1, 0.15) is 28.7 Å². The molecule has 0 spiro atoms. The number of ether oxygens (including phenoxy) is 2. The molecule has 3 aromatic rings. The summed E-state index contributed by atoms with van der Waals surface area (Å²) >= 11 is 6.35. The average Bonchev–Trinajstić information content (AvgIpc) is 3.10. The molecule has 9 nitrogen and oxygen atoms in total. The third-order valence-corrected chi connectivity index (χ3v) is 5.13. The Hall–Kier alpha value is -3.59. The number of nitrogens with one attached hydrogen (secondary N) is 2. The molecule has 1 amide bonds. The van der Waals surface area contributed by atoms with Gasteiger partial charge in [0.05, 0.1) is 6.61 Å². The van der Waals surface area contributed by atoms with Gasteiger partial charge >= 0.3 is 11.7 Å². The third kappa shape index (κ3) is 5.36. The number of aromatic nitrogens is 3. The molecule has 0 aliphatic rings. The van der Waals surface area contributed by atoms with Crippen molar-refractivity contribution in [3.05, 3.63) is 68.9 Å². The van der Waals surface area contributed by atoms with E-state index >= 15 is 0 Å². The first-order valence-corrected chi connectivity index (χ1v) is 10.3. The zero-order valence-corrected chi connectivity index (χ0v) is 18.7. The Morgan fingerprint density at radius 3 is 2.72 bits per heavy atom. The van der Waals surface area contributed by atoms with Crippen molar-refractivity contribution in [2.24, 2.45) is 7.05 Å². The van der Waals surface area contributed by atoms with Crippen LogP contribution in [0.15, 0.2) is 41.2 Å². The molecule has 0 saturated carbocycles. The van der Waals surface area contributed by atoms with E-state index in [1.54, 1.807) is 44.3 Å². The quantitative estimate of drug-likeness (QED) is 0.501. The van der Waals surface area contributed by atoms with E-state index in [4.69, 9.17) is 21.1 Å². The Balaban J connectivity index is 1.86. The smallest absolute Gasteiger partial charge is 0.343 e. The number of hydrogen-bond donors (Lipinski definition) is 2. The van der Waals surface area contributed by atoms with Crippen molar-refractivity contribution < 1.29 is 19.1 Å². The van der Waals surface area contributed by atoms with E-state index in [9.17, 15) is 14.4 Å². The number of aryl methyl sites for hydroxylation is 1. The van der Waals surface area contributed by atoms with E-state index < -0.39 is 11.9 Å². The van der Waals surface area contributed by atoms with Crippen molar-refractivity contribution in [2.75, 3.05) is 13.2 Å². The Labute approximate surface area is 189 Å². The van der Waals surface area contributed by atoms with E-state index in [0.29, 0.717) is 33.3 Å². The standard InChI is InChI=1S/C22H23ClN4O5/c1-4-31-20(28)11-24-21(29)15-7-5-6-14(9-15)16-10-17(23)13(2)8-18(16)32-12-19-25-26-22(30)27(19)3/h5-10H,4,11-12H2,1-3H3,(H,24,29)(H,26,30). The third-order valence-electron chi connectivity index (χ3n) is 4.72. The number of nitrogens with zero attached hydrogens (tertiary/aromatic N) is 2. The molecule has 0 radical (unpaired) electrons. The van der Waals surface area contributed by atoms with E-state index in [1.807, 2.05) is 13.0 Å². The summed E-state index contributed by atoms with van der Waals surface area (Å²) in [6.45, 7) is 3.63. The van der Waals surface area contributed by atoms with Crippen LogP contribution in [0.3, 0.4) is 0 Å². The van der Waals surface area contributed by atoms with Crippen LogP contribution in [-0.4, -0.2) is 39.8 Å². The van der Waals surface area contributed by atoms with Gasteiger partial charge in [0.1, 0.15) is 18.9 Å². The van der Waals surface area contributed by atoms with Crippen molar-refractivity contribution in [3.8, 4) is 16.9 Å². The maximum atomic E-state index is 12.5. The number of rotatable bonds is 8. The molecule has 0 aliphatic heterocycles. The average molecular weight is 459 g/mol. The number of aromatic amines is 1. The summed E-state index contributed by atoms with van der Waals surface area (Å²) in [6.07, 6.45) is 0. The molecule has 1 heterocycles. The summed E-state index contributed by atoms with van der Waals surface area (Å²) in [5.74, 6) is 0.0324. The molecular formula is C22H23ClN4O5. The molecule has 0 aliphatic carbocycles. The van der Waals surface area contributed by atoms with Crippen LogP contribution in [0.5, 0.6) is 5.75 Å². The number of hydrogen-bond acceptors (Lipinski definition) is 6. The van der Waals surface area contributed by atoms with Crippen LogP contribution in [0.4, 0.5) is 0 Å². The molecule has 1 aromatic heterocycles. The molecule has 2 N–H and O–H groups in total. The minimum atomic E-state index is -0.509. The molecule has 3 rings (SSSR count). The number of esters is 1. The second-order valence-corrected chi connectivity index (χ2v) is 7.37. The minimum absolute atomic E-state index is 0.0586. The lowest BCUT2D eigenvalue weighted by molar-refractivity contribution is -0.141. The van der Waals surface area contributed by atoms with Gasteiger partial charge in [0.25, 0.3) is 5.91 Å². The number of halogens is 1. The van der Waals surface area contributed by atoms with Gasteiger partial charge < -0.3 is 14.8 Å². The Morgan fingerprint density at radius 1 is 1.25 bits per heavy atom. The monoisotopic (exact) mass is 458 g/mol. The van der Waals surface area contributed by atoms with E-state index in [0.717, 1.165) is 5.56 Å². The maximum Gasteiger partial charge on any atom is 0.343 e. The van der Waals surface area contributed by atoms with Gasteiger partial charge in [-0.2, -0.15) is 5.10 Å². The van der Waals surface area contributed by atoms with Gasteiger partial charge in [0.15, 0.2) is 5.82 Å². The molecular weight excluding hydrogens is 436 g/mol. The molecule has 0 unspecified atom stereocenters. The Bertz CT molecular complexity index is 1200. The second kappa shape index (κ2) is 10.1. The number of carbonyl (C=O) groups is 2. The summed E-state index contributed by atoms with van der Waals surface area (Å²) < 4.78 is 12.1. The molecule has 0 atom stereocenters. The second-order valence-electron chi connectivity index (χ2n) is 6.96. The summed E-state index contributed by atoms with van der Waals surface area (Å²) in [4.78, 5) is 35.5. The summed E-state index contributed by atoms with van der Waals surface area (Å²) in [7, 11) is 1.59. The Kier molecular flexibility index (Phi) is 7.32. The highest BCUT2D eigenvalue weighted by atomic mass is 35.5. The van der Waals surface area contributed by atoms with Gasteiger partial charge in [-0.05, 0) is 49.2 Å². The molecule has 2 aromatic carbocycles. The van der Waals surface area contributed by atoms with Crippen LogP contribution >= 0.6 is 11.6 Å². The van der Waals surface area contributed by atoms with Crippen molar-refractivity contribution in [3.63, 3.8) is 0 Å². The van der Waals surface area contributed by atoms with Crippen molar-refractivity contribution in [1.82, 2.24) is 20.1 Å². The van der Waals surface area contributed by atoms with E-state index in [2.05, 4.69) is 15.5 Å². The van der Waals surface area contributed by atoms with Crippen LogP contribution in [0.25, 0.3) is 11.1 Å². The number of H-pyrrole nitrogens is 1. The first kappa shape index (κ1) is 23.1. The van der Waals surface area contributed by atoms with Crippen molar-refractivity contribution >= 4 is 23.5 Å². The van der Waals surface area contributed by atoms with Crippen LogP contribution < -0.4 is 15.7 Å². The summed E-state index contributed by atoms with van der Waals surface area (Å²) in [6, 6.07) is 10.4. The Morgan fingerprint density at radius 2 is 2.03 bits per heavy atom. The van der Waals surface area contributed by atoms with Gasteiger partial charge in [0.2, 0.25) is 0 Å². The molecule has 10 heteroatoms. The first-order chi connectivity index (χ1) is 15.3. The fourth-order valence-corrected chi connectivity index (χ4v) is 3.11. The zero-order valence-electron chi connectivity index (χ0n) is 17.9. The van der Waals surface area contributed by atoms with Crippen LogP contribution in [-0.2, 0) is 23.2 Å². The summed E-state index contributed by atoms with van der Waals surface area (Å²) in [5, 5.41) is 9.38. The summed E-state index contributed by atoms with van der Waals surface area (Å²) in [5.41, 5.74) is 2.20. The van der Waals surface area contributed by atoms with E-state index in [1.165, 1.54) is 4.57 Å². The van der Waals surface area contributed by atoms with Gasteiger partial charge in [-0.1, -0.05) is 23.7 Å². The first-order valence-electron chi connectivity index (χ1n) is 9.87. The van der Waals surface area contributed by atoms with Crippen LogP contribution in [0, 0.1) is 6.92 Å². The topological polar surface area (TPSA) is 115 Å². The predicted octanol–water partition coefficient (Wildman–Crippen LogP) is 2.61. The maximum absolute atomic E-state index is 12.5. The fraction of sp³-hybridized carbons (Fsp3) is 0.273. The van der Waals surface area contributed by atoms with E-state index in [-0.39, 0.29) is 25.4 Å². The highest BCUT2D eigenvalue weighted by Crippen LogP contribution is 2.35. The molecule has 32 heavy (non-hydrogen) atoms. The fourth-order valence-electron chi connectivity index (χ4n) is 2.95. The van der Waals surface area contributed by atoms with Gasteiger partial charge in [-0.25, -0.2) is 9.89 Å². The van der Waals surface area contributed by atoms with Gasteiger partial charge in [0, 0.05) is 23.2 Å². The number of carbonyl (C=O) groups excluding carboxylic acids is 2. The number of amides is 1. The molecule has 0 fully saturated rings. The lowest BCUT2D eigenvalue weighted by atomic mass is 10.0. The molecule has 0 bridgehead atoms. The molecule has 0 saturated heterocycles. The van der Waals surface area contributed by atoms with Gasteiger partial charge in [-0.3, -0.25) is 14.2 Å². The lowest BCUT2D eigenvalue weighted by Crippen LogP contribution is -2.30. The largest absolute Gasteiger partial charge is 0.485 e. The van der Waals surface area contributed by atoms with Crippen LogP contribution in [0.2, 0.25) is 5.02 Å². The van der Waals surface area contributed by atoms with Crippen molar-refractivity contribution in [1.29, 1.82) is 0 Å². The normalized spacial score (nSPS) is 10.6. The van der Waals surface area contributed by atoms with Crippen molar-refractivity contribution in [2.45, 2.75) is 20.5 Å². The molecule has 168 valence electrons. The highest BCUT2D eigenvalue weighted by Gasteiger charge is 2.15.